The van der Waals surface area contributed by atoms with E-state index in [0.29, 0.717) is 6.42 Å². The molecular formula is C12H13NO3. The fraction of sp³-hybridized carbons (Fsp3) is 0.250. The number of phenolic OH excluding ortho intramolecular Hbond substituents is 1. The summed E-state index contributed by atoms with van der Waals surface area (Å²) in [6.45, 7) is 1.84. The molecule has 2 rings (SSSR count). The third kappa shape index (κ3) is 2.53. The molecule has 84 valence electrons. The van der Waals surface area contributed by atoms with Gasteiger partial charge in [0.15, 0.2) is 0 Å². The summed E-state index contributed by atoms with van der Waals surface area (Å²) in [5.41, 5.74) is 1.56. The number of carbonyl (C=O) groups is 1. The molecule has 4 heteroatoms. The molecule has 0 amide bonds. The Morgan fingerprint density at radius 1 is 1.50 bits per heavy atom. The van der Waals surface area contributed by atoms with Crippen molar-refractivity contribution in [1.82, 2.24) is 0 Å². The molecule has 1 heterocycles. The highest BCUT2D eigenvalue weighted by Gasteiger charge is 2.17. The number of aromatic hydroxyl groups is 1. The van der Waals surface area contributed by atoms with Crippen molar-refractivity contribution in [1.29, 1.82) is 0 Å². The second kappa shape index (κ2) is 4.26. The molecule has 0 radical (unpaired) electrons. The third-order valence-electron chi connectivity index (χ3n) is 2.27. The van der Waals surface area contributed by atoms with Crippen LogP contribution in [0.4, 0.5) is 5.69 Å². The quantitative estimate of drug-likeness (QED) is 0.747. The van der Waals surface area contributed by atoms with Gasteiger partial charge in [-0.15, -0.1) is 0 Å². The van der Waals surface area contributed by atoms with E-state index in [1.54, 1.807) is 18.2 Å². The molecule has 16 heavy (non-hydrogen) atoms. The molecule has 0 saturated carbocycles. The van der Waals surface area contributed by atoms with Crippen LogP contribution in [0.2, 0.25) is 0 Å². The van der Waals surface area contributed by atoms with Gasteiger partial charge in [-0.3, -0.25) is 0 Å². The summed E-state index contributed by atoms with van der Waals surface area (Å²) >= 11 is 0. The zero-order valence-electron chi connectivity index (χ0n) is 8.93. The summed E-state index contributed by atoms with van der Waals surface area (Å²) in [4.78, 5) is 11.2. The van der Waals surface area contributed by atoms with E-state index in [-0.39, 0.29) is 17.8 Å². The van der Waals surface area contributed by atoms with Gasteiger partial charge in [0.25, 0.3) is 0 Å². The molecule has 0 saturated heterocycles. The topological polar surface area (TPSA) is 58.6 Å². The maximum atomic E-state index is 11.2. The molecule has 2 N–H and O–H groups in total. The van der Waals surface area contributed by atoms with Crippen LogP contribution in [-0.2, 0) is 9.53 Å². The minimum absolute atomic E-state index is 0.114. The molecule has 1 aromatic rings. The number of phenols is 1. The van der Waals surface area contributed by atoms with Crippen LogP contribution in [0.1, 0.15) is 13.3 Å². The predicted molar refractivity (Wildman–Crippen MR) is 60.0 cm³/mol. The first-order chi connectivity index (χ1) is 7.63. The summed E-state index contributed by atoms with van der Waals surface area (Å²) in [5, 5.41) is 12.4. The van der Waals surface area contributed by atoms with E-state index >= 15 is 0 Å². The van der Waals surface area contributed by atoms with Gasteiger partial charge in [-0.25, -0.2) is 4.79 Å². The molecule has 0 aliphatic carbocycles. The molecule has 1 aliphatic rings. The molecule has 0 bridgehead atoms. The number of ether oxygens (including phenoxy) is 1. The van der Waals surface area contributed by atoms with Crippen LogP contribution in [0, 0.1) is 0 Å². The van der Waals surface area contributed by atoms with Gasteiger partial charge in [0, 0.05) is 29.9 Å². The maximum Gasteiger partial charge on any atom is 0.332 e. The largest absolute Gasteiger partial charge is 0.508 e. The molecule has 1 aliphatic heterocycles. The summed E-state index contributed by atoms with van der Waals surface area (Å²) in [5.74, 6) is -0.140. The van der Waals surface area contributed by atoms with Crippen molar-refractivity contribution in [3.8, 4) is 5.75 Å². The number of rotatable bonds is 2. The van der Waals surface area contributed by atoms with Crippen molar-refractivity contribution in [3.63, 3.8) is 0 Å². The molecule has 4 nitrogen and oxygen atoms in total. The first-order valence-electron chi connectivity index (χ1n) is 5.11. The second-order valence-corrected chi connectivity index (χ2v) is 3.80. The Bertz CT molecular complexity index is 440. The van der Waals surface area contributed by atoms with E-state index in [9.17, 15) is 9.90 Å². The zero-order valence-corrected chi connectivity index (χ0v) is 8.93. The number of esters is 1. The zero-order chi connectivity index (χ0) is 11.5. The van der Waals surface area contributed by atoms with Crippen LogP contribution < -0.4 is 5.32 Å². The Morgan fingerprint density at radius 3 is 3.00 bits per heavy atom. The van der Waals surface area contributed by atoms with Gasteiger partial charge >= 0.3 is 5.97 Å². The Balaban J connectivity index is 2.13. The first kappa shape index (κ1) is 10.5. The highest BCUT2D eigenvalue weighted by atomic mass is 16.5. The minimum Gasteiger partial charge on any atom is -0.508 e. The Kier molecular flexibility index (Phi) is 2.81. The van der Waals surface area contributed by atoms with Crippen LogP contribution in [0.15, 0.2) is 36.0 Å². The van der Waals surface area contributed by atoms with Gasteiger partial charge in [-0.2, -0.15) is 0 Å². The van der Waals surface area contributed by atoms with Crippen LogP contribution in [0.3, 0.4) is 0 Å². The third-order valence-corrected chi connectivity index (χ3v) is 2.27. The molecule has 0 unspecified atom stereocenters. The summed E-state index contributed by atoms with van der Waals surface area (Å²) in [6, 6.07) is 6.76. The van der Waals surface area contributed by atoms with Gasteiger partial charge in [0.1, 0.15) is 11.9 Å². The standard InChI is InChI=1S/C12H13NO3/c1-8-5-10(7-12(15)16-8)13-9-3-2-4-11(14)6-9/h2-4,6-8,13-14H,5H2,1H3/t8-/m1/s1. The van der Waals surface area contributed by atoms with Crippen molar-refractivity contribution in [2.24, 2.45) is 0 Å². The maximum absolute atomic E-state index is 11.2. The van der Waals surface area contributed by atoms with E-state index in [1.807, 2.05) is 13.0 Å². The van der Waals surface area contributed by atoms with Gasteiger partial charge in [0.05, 0.1) is 0 Å². The van der Waals surface area contributed by atoms with Crippen LogP contribution in [-0.4, -0.2) is 17.2 Å². The summed E-state index contributed by atoms with van der Waals surface area (Å²) < 4.78 is 4.97. The van der Waals surface area contributed by atoms with Gasteiger partial charge in [-0.05, 0) is 19.1 Å². The lowest BCUT2D eigenvalue weighted by Crippen LogP contribution is -2.22. The Labute approximate surface area is 93.5 Å². The van der Waals surface area contributed by atoms with Gasteiger partial charge in [-0.1, -0.05) is 6.07 Å². The van der Waals surface area contributed by atoms with Gasteiger partial charge < -0.3 is 15.2 Å². The lowest BCUT2D eigenvalue weighted by atomic mass is 10.1. The molecule has 1 aromatic carbocycles. The Morgan fingerprint density at radius 2 is 2.31 bits per heavy atom. The highest BCUT2D eigenvalue weighted by Crippen LogP contribution is 2.21. The SMILES string of the molecule is C[C@@H]1CC(Nc2cccc(O)c2)=CC(=O)O1. The molecule has 0 aromatic heterocycles. The lowest BCUT2D eigenvalue weighted by molar-refractivity contribution is -0.143. The fourth-order valence-corrected chi connectivity index (χ4v) is 1.64. The molecular weight excluding hydrogens is 206 g/mol. The molecule has 1 atom stereocenters. The number of hydrogen-bond donors (Lipinski definition) is 2. The van der Waals surface area contributed by atoms with Crippen molar-refractivity contribution in [3.05, 3.63) is 36.0 Å². The fourth-order valence-electron chi connectivity index (χ4n) is 1.64. The monoisotopic (exact) mass is 219 g/mol. The van der Waals surface area contributed by atoms with E-state index in [2.05, 4.69) is 5.32 Å². The average molecular weight is 219 g/mol. The lowest BCUT2D eigenvalue weighted by Gasteiger charge is -2.20. The number of benzene rings is 1. The summed E-state index contributed by atoms with van der Waals surface area (Å²) in [7, 11) is 0. The first-order valence-corrected chi connectivity index (χ1v) is 5.11. The van der Waals surface area contributed by atoms with Crippen LogP contribution in [0.25, 0.3) is 0 Å². The van der Waals surface area contributed by atoms with E-state index < -0.39 is 0 Å². The number of carbonyl (C=O) groups excluding carboxylic acids is 1. The van der Waals surface area contributed by atoms with E-state index in [4.69, 9.17) is 4.74 Å². The van der Waals surface area contributed by atoms with Crippen molar-refractivity contribution < 1.29 is 14.6 Å². The normalized spacial score (nSPS) is 19.9. The minimum atomic E-state index is -0.332. The van der Waals surface area contributed by atoms with E-state index in [0.717, 1.165) is 11.4 Å². The molecule has 0 spiro atoms. The number of anilines is 1. The average Bonchev–Trinajstić information content (AvgIpc) is 2.15. The van der Waals surface area contributed by atoms with Crippen LogP contribution in [0.5, 0.6) is 5.75 Å². The van der Waals surface area contributed by atoms with Gasteiger partial charge in [0.2, 0.25) is 0 Å². The number of cyclic esters (lactones) is 1. The summed E-state index contributed by atoms with van der Waals surface area (Å²) in [6.07, 6.45) is 1.98. The van der Waals surface area contributed by atoms with Crippen LogP contribution >= 0.6 is 0 Å². The Hall–Kier alpha value is -1.97. The molecule has 0 fully saturated rings. The number of nitrogens with one attached hydrogen (secondary N) is 1. The van der Waals surface area contributed by atoms with E-state index in [1.165, 1.54) is 6.08 Å². The predicted octanol–water partition coefficient (Wildman–Crippen LogP) is 2.02. The second-order valence-electron chi connectivity index (χ2n) is 3.80. The highest BCUT2D eigenvalue weighted by molar-refractivity contribution is 5.84. The van der Waals surface area contributed by atoms with Crippen molar-refractivity contribution in [2.45, 2.75) is 19.4 Å². The number of hydrogen-bond acceptors (Lipinski definition) is 4. The van der Waals surface area contributed by atoms with Crippen molar-refractivity contribution in [2.75, 3.05) is 5.32 Å². The van der Waals surface area contributed by atoms with Crippen molar-refractivity contribution >= 4 is 11.7 Å². The smallest absolute Gasteiger partial charge is 0.332 e.